The van der Waals surface area contributed by atoms with E-state index >= 15 is 0 Å². The van der Waals surface area contributed by atoms with E-state index in [0.29, 0.717) is 45.6 Å². The molecule has 0 spiro atoms. The van der Waals surface area contributed by atoms with Crippen molar-refractivity contribution in [3.05, 3.63) is 41.7 Å². The minimum absolute atomic E-state index is 0.0955. The van der Waals surface area contributed by atoms with Crippen molar-refractivity contribution in [1.82, 2.24) is 30.1 Å². The highest BCUT2D eigenvalue weighted by molar-refractivity contribution is 7.90. The Bertz CT molecular complexity index is 2130. The van der Waals surface area contributed by atoms with Crippen LogP contribution in [0.2, 0.25) is 0 Å². The number of aromatic nitrogens is 3. The Morgan fingerprint density at radius 3 is 2.26 bits per heavy atom. The Morgan fingerprint density at radius 2 is 1.64 bits per heavy atom. The van der Waals surface area contributed by atoms with Gasteiger partial charge in [-0.15, -0.1) is 5.10 Å². The Hall–Kier alpha value is -2.74. The van der Waals surface area contributed by atoms with Gasteiger partial charge in [0.15, 0.2) is 22.4 Å². The van der Waals surface area contributed by atoms with E-state index in [2.05, 4.69) is 15.6 Å². The van der Waals surface area contributed by atoms with Crippen LogP contribution in [-0.2, 0) is 62.6 Å². The molecule has 3 aliphatic rings. The Balaban J connectivity index is 1.37. The van der Waals surface area contributed by atoms with Gasteiger partial charge >= 0.3 is 5.97 Å². The second-order valence-corrected chi connectivity index (χ2v) is 24.0. The number of ether oxygens (including phenoxy) is 6. The van der Waals surface area contributed by atoms with Crippen LogP contribution in [-0.4, -0.2) is 202 Å². The Labute approximate surface area is 427 Å². The highest BCUT2D eigenvalue weighted by Gasteiger charge is 2.53. The smallest absolute Gasteiger partial charge is 0.311 e. The van der Waals surface area contributed by atoms with Crippen molar-refractivity contribution in [2.45, 2.75) is 210 Å². The number of carbonyl (C=O) groups is 1. The third-order valence-electron chi connectivity index (χ3n) is 15.6. The SMILES string of the molecule is CC[C@H]1OC(=O)[C@H](C)[C@@H](O[C@H]2C[C@@](C)(OC)[C@@H](O)[C@H](C)O2)[C@H](C)[C@@H](O[C@@H]2O[C@H](C)C[C@H](N(C)CCc3cn(CCNCc4ccc(S(C)(=O)=O)cc4)nn3)[C@H]2O)[C@](C)(O)C[C@@H](C)CN(C)[C@H](C)[C@@H](O)[C@]1(C)O. The zero-order valence-corrected chi connectivity index (χ0v) is 46.0. The van der Waals surface area contributed by atoms with Crippen molar-refractivity contribution < 1.29 is 67.2 Å². The summed E-state index contributed by atoms with van der Waals surface area (Å²) in [5.74, 6) is -2.81. The normalized spacial score (nSPS) is 39.3. The molecule has 3 aliphatic heterocycles. The second kappa shape index (κ2) is 24.9. The van der Waals surface area contributed by atoms with Crippen molar-refractivity contribution in [1.29, 1.82) is 0 Å². The molecule has 21 heteroatoms. The first-order chi connectivity index (χ1) is 33.5. The van der Waals surface area contributed by atoms with E-state index in [1.165, 1.54) is 20.3 Å². The van der Waals surface area contributed by atoms with Crippen LogP contribution in [0.3, 0.4) is 0 Å². The van der Waals surface area contributed by atoms with Gasteiger partial charge < -0.3 is 69.1 Å². The molecule has 0 saturated carbocycles. The lowest BCUT2D eigenvalue weighted by Gasteiger charge is -2.49. The Morgan fingerprint density at radius 1 is 0.972 bits per heavy atom. The average Bonchev–Trinajstić information content (AvgIpc) is 3.78. The van der Waals surface area contributed by atoms with E-state index in [9.17, 15) is 38.7 Å². The molecule has 0 amide bonds. The third kappa shape index (κ3) is 14.8. The summed E-state index contributed by atoms with van der Waals surface area (Å²) in [6.45, 7) is 20.2. The first-order valence-corrected chi connectivity index (χ1v) is 27.6. The molecular weight excluding hydrogens is 953 g/mol. The van der Waals surface area contributed by atoms with Crippen LogP contribution in [0.1, 0.15) is 106 Å². The number of aliphatic hydroxyl groups is 5. The van der Waals surface area contributed by atoms with Crippen LogP contribution in [0, 0.1) is 17.8 Å². The van der Waals surface area contributed by atoms with Gasteiger partial charge in [-0.3, -0.25) is 9.48 Å². The predicted octanol–water partition coefficient (Wildman–Crippen LogP) is 2.30. The number of aliphatic hydroxyl groups excluding tert-OH is 3. The first kappa shape index (κ1) is 60.1. The van der Waals surface area contributed by atoms with E-state index in [-0.39, 0.29) is 36.2 Å². The summed E-state index contributed by atoms with van der Waals surface area (Å²) < 4.78 is 63.6. The molecule has 5 rings (SSSR count). The molecule has 0 bridgehead atoms. The summed E-state index contributed by atoms with van der Waals surface area (Å²) in [6, 6.07) is 5.78. The lowest BCUT2D eigenvalue weighted by molar-refractivity contribution is -0.318. The van der Waals surface area contributed by atoms with E-state index in [0.717, 1.165) is 11.3 Å². The maximum atomic E-state index is 14.5. The molecule has 0 radical (unpaired) electrons. The maximum Gasteiger partial charge on any atom is 0.311 e. The zero-order chi connectivity index (χ0) is 53.7. The van der Waals surface area contributed by atoms with Crippen LogP contribution < -0.4 is 5.32 Å². The molecule has 3 saturated heterocycles. The molecular formula is C51H88N6O14S. The van der Waals surface area contributed by atoms with Gasteiger partial charge in [-0.1, -0.05) is 38.1 Å². The molecule has 20 nitrogen and oxygen atoms in total. The lowest BCUT2D eigenvalue weighted by atomic mass is 9.77. The number of esters is 1. The number of hydrogen-bond acceptors (Lipinski definition) is 19. The first-order valence-electron chi connectivity index (χ1n) is 25.7. The molecule has 1 aromatic carbocycles. The van der Waals surface area contributed by atoms with Gasteiger partial charge in [0, 0.05) is 76.6 Å². The minimum atomic E-state index is -3.26. The van der Waals surface area contributed by atoms with E-state index in [4.69, 9.17) is 28.4 Å². The highest BCUT2D eigenvalue weighted by Crippen LogP contribution is 2.40. The molecule has 6 N–H and O–H groups in total. The van der Waals surface area contributed by atoms with Crippen LogP contribution in [0.25, 0.3) is 0 Å². The van der Waals surface area contributed by atoms with Gasteiger partial charge in [0.2, 0.25) is 0 Å². The number of sulfone groups is 1. The predicted molar refractivity (Wildman–Crippen MR) is 268 cm³/mol. The molecule has 4 heterocycles. The van der Waals surface area contributed by atoms with E-state index in [1.54, 1.807) is 70.5 Å². The van der Waals surface area contributed by atoms with Gasteiger partial charge in [0.25, 0.3) is 0 Å². The number of nitrogens with one attached hydrogen (secondary N) is 1. The third-order valence-corrected chi connectivity index (χ3v) is 16.7. The van der Waals surface area contributed by atoms with Gasteiger partial charge in [0.1, 0.15) is 30.0 Å². The summed E-state index contributed by atoms with van der Waals surface area (Å²) in [4.78, 5) is 18.7. The highest BCUT2D eigenvalue weighted by atomic mass is 32.2. The molecule has 72 heavy (non-hydrogen) atoms. The fourth-order valence-corrected chi connectivity index (χ4v) is 11.6. The van der Waals surface area contributed by atoms with Crippen LogP contribution in [0.5, 0.6) is 0 Å². The maximum absolute atomic E-state index is 14.5. The molecule has 1 aromatic heterocycles. The van der Waals surface area contributed by atoms with Gasteiger partial charge in [-0.05, 0) is 105 Å². The topological polar surface area (TPSA) is 257 Å². The number of benzene rings is 1. The average molecular weight is 1040 g/mol. The van der Waals surface area contributed by atoms with Gasteiger partial charge in [-0.25, -0.2) is 8.42 Å². The zero-order valence-electron chi connectivity index (χ0n) is 45.2. The fourth-order valence-electron chi connectivity index (χ4n) is 11.0. The number of carbonyl (C=O) groups excluding carboxylic acids is 1. The molecule has 2 aromatic rings. The molecule has 3 fully saturated rings. The number of cyclic esters (lactones) is 1. The van der Waals surface area contributed by atoms with E-state index < -0.39 is 112 Å². The fraction of sp³-hybridized carbons (Fsp3) is 0.824. The summed E-state index contributed by atoms with van der Waals surface area (Å²) in [6.07, 6.45) is -5.52. The lowest BCUT2D eigenvalue weighted by Crippen LogP contribution is -2.61. The van der Waals surface area contributed by atoms with Crippen molar-refractivity contribution in [3.8, 4) is 0 Å². The number of hydrogen-bond donors (Lipinski definition) is 6. The summed E-state index contributed by atoms with van der Waals surface area (Å²) in [5, 5.41) is 71.7. The van der Waals surface area contributed by atoms with Gasteiger partial charge in [-0.2, -0.15) is 0 Å². The molecule has 0 unspecified atom stereocenters. The van der Waals surface area contributed by atoms with Gasteiger partial charge in [0.05, 0.1) is 58.7 Å². The van der Waals surface area contributed by atoms with Crippen LogP contribution >= 0.6 is 0 Å². The number of methoxy groups -OCH3 is 1. The van der Waals surface area contributed by atoms with Crippen molar-refractivity contribution in [2.24, 2.45) is 17.8 Å². The number of likely N-dealkylation sites (N-methyl/N-ethyl adjacent to an activating group) is 2. The number of nitrogens with zero attached hydrogens (tertiary/aromatic N) is 5. The van der Waals surface area contributed by atoms with E-state index in [1.807, 2.05) is 50.9 Å². The molecule has 412 valence electrons. The molecule has 18 atom stereocenters. The standard InChI is InChI=1S/C51H88N6O14S/c1-15-40-51(10,63)44(59)34(6)56(12)28-30(2)25-49(8,62)46(32(4)43(33(5)47(61)69-40)70-41-26-50(9,66-13)45(60)35(7)68-41)71-48-42(58)39(24-31(3)67-48)55(11)22-20-37-29-57(54-53-37)23-21-52-27-36-16-18-38(19-17-36)72(14,64)65/h16-19,29-35,39-46,48,52,58-60,62-63H,15,20-28H2,1-14H3/t30-,31-,32+,33-,34-,35+,39+,40-,41+,42-,43+,44-,45+,46-,48+,49-,50-,51-/m1/s1. The summed E-state index contributed by atoms with van der Waals surface area (Å²) >= 11 is 0. The van der Waals surface area contributed by atoms with Crippen molar-refractivity contribution >= 4 is 15.8 Å². The van der Waals surface area contributed by atoms with Crippen LogP contribution in [0.4, 0.5) is 0 Å². The Kier molecular flexibility index (Phi) is 20.8. The molecule has 0 aliphatic carbocycles. The monoisotopic (exact) mass is 1040 g/mol. The van der Waals surface area contributed by atoms with Crippen LogP contribution in [0.15, 0.2) is 35.4 Å². The van der Waals surface area contributed by atoms with Crippen molar-refractivity contribution in [2.75, 3.05) is 47.1 Å². The quantitative estimate of drug-likeness (QED) is 0.104. The summed E-state index contributed by atoms with van der Waals surface area (Å²) in [5.41, 5.74) is -2.81. The minimum Gasteiger partial charge on any atom is -0.459 e. The summed E-state index contributed by atoms with van der Waals surface area (Å²) in [7, 11) is 2.00. The second-order valence-electron chi connectivity index (χ2n) is 22.0. The number of rotatable bonds is 16. The van der Waals surface area contributed by atoms with Crippen molar-refractivity contribution in [3.63, 3.8) is 0 Å². The largest absolute Gasteiger partial charge is 0.459 e.